The highest BCUT2D eigenvalue weighted by Gasteiger charge is 2.22. The Kier molecular flexibility index (Phi) is 2.84. The topological polar surface area (TPSA) is 55.1 Å². The van der Waals surface area contributed by atoms with Crippen LogP contribution in [0.5, 0.6) is 0 Å². The monoisotopic (exact) mass is 321 g/mol. The lowest BCUT2D eigenvalue weighted by molar-refractivity contribution is 0.909. The number of aryl methyl sites for hydroxylation is 2. The number of nitrogens with zero attached hydrogens (tertiary/aromatic N) is 4. The molecule has 0 unspecified atom stereocenters. The van der Waals surface area contributed by atoms with Crippen LogP contribution in [0.25, 0.3) is 15.9 Å². The van der Waals surface area contributed by atoms with Crippen LogP contribution in [-0.4, -0.2) is 19.6 Å². The predicted octanol–water partition coefficient (Wildman–Crippen LogP) is 3.44. The third kappa shape index (κ3) is 2.02. The van der Waals surface area contributed by atoms with Crippen molar-refractivity contribution in [2.75, 3.05) is 5.32 Å². The van der Waals surface area contributed by atoms with Crippen LogP contribution in [0.2, 0.25) is 0 Å². The first-order valence-corrected chi connectivity index (χ1v) is 8.63. The number of nitrogens with one attached hydrogen (secondary N) is 1. The third-order valence-corrected chi connectivity index (χ3v) is 5.56. The van der Waals surface area contributed by atoms with E-state index in [1.807, 2.05) is 34.1 Å². The number of benzene rings is 1. The molecule has 0 bridgehead atoms. The fourth-order valence-electron chi connectivity index (χ4n) is 3.30. The van der Waals surface area contributed by atoms with Gasteiger partial charge in [-0.1, -0.05) is 30.3 Å². The van der Waals surface area contributed by atoms with Gasteiger partial charge in [-0.05, 0) is 30.4 Å². The van der Waals surface area contributed by atoms with Crippen molar-refractivity contribution in [1.29, 1.82) is 0 Å². The normalized spacial score (nSPS) is 13.7. The van der Waals surface area contributed by atoms with Gasteiger partial charge in [-0.25, -0.2) is 9.97 Å². The minimum absolute atomic E-state index is 0.722. The van der Waals surface area contributed by atoms with E-state index in [1.165, 1.54) is 34.2 Å². The molecule has 0 fully saturated rings. The van der Waals surface area contributed by atoms with Gasteiger partial charge in [-0.15, -0.1) is 11.3 Å². The minimum atomic E-state index is 0.722. The fourth-order valence-corrected chi connectivity index (χ4v) is 4.56. The van der Waals surface area contributed by atoms with Gasteiger partial charge in [0.25, 0.3) is 0 Å². The second-order valence-corrected chi connectivity index (χ2v) is 6.89. The largest absolute Gasteiger partial charge is 0.350 e. The number of anilines is 1. The summed E-state index contributed by atoms with van der Waals surface area (Å²) in [5.74, 6) is 0.758. The Balaban J connectivity index is 1.62. The van der Waals surface area contributed by atoms with Crippen molar-refractivity contribution < 1.29 is 0 Å². The summed E-state index contributed by atoms with van der Waals surface area (Å²) in [6.45, 7) is 0.722. The van der Waals surface area contributed by atoms with E-state index in [1.54, 1.807) is 6.33 Å². The van der Waals surface area contributed by atoms with E-state index in [-0.39, 0.29) is 0 Å². The van der Waals surface area contributed by atoms with Gasteiger partial charge < -0.3 is 5.32 Å². The lowest BCUT2D eigenvalue weighted by Gasteiger charge is -2.08. The van der Waals surface area contributed by atoms with Gasteiger partial charge in [0.1, 0.15) is 11.2 Å². The molecule has 0 atom stereocenters. The molecular formula is C17H15N5S. The van der Waals surface area contributed by atoms with Crippen LogP contribution >= 0.6 is 11.3 Å². The summed E-state index contributed by atoms with van der Waals surface area (Å²) in [6, 6.07) is 10.3. The molecule has 4 aromatic rings. The number of thiophene rings is 1. The lowest BCUT2D eigenvalue weighted by Crippen LogP contribution is -2.07. The molecule has 114 valence electrons. The second-order valence-electron chi connectivity index (χ2n) is 5.81. The molecule has 0 amide bonds. The maximum Gasteiger partial charge on any atom is 0.227 e. The molecule has 1 aromatic carbocycles. The van der Waals surface area contributed by atoms with Crippen molar-refractivity contribution in [3.05, 3.63) is 52.7 Å². The van der Waals surface area contributed by atoms with Gasteiger partial charge >= 0.3 is 0 Å². The number of fused-ring (bicyclic) bond motifs is 5. The smallest absolute Gasteiger partial charge is 0.227 e. The SMILES string of the molecule is c1ccc(CNc2nc3sc4c(c3c3ncnn23)CCC4)cc1. The van der Waals surface area contributed by atoms with E-state index in [9.17, 15) is 0 Å². The number of hydrogen-bond donors (Lipinski definition) is 1. The van der Waals surface area contributed by atoms with Gasteiger partial charge in [0.15, 0.2) is 5.65 Å². The molecule has 0 saturated carbocycles. The molecule has 3 aromatic heterocycles. The minimum Gasteiger partial charge on any atom is -0.350 e. The molecule has 1 N–H and O–H groups in total. The van der Waals surface area contributed by atoms with Crippen molar-refractivity contribution >= 4 is 33.1 Å². The molecule has 6 heteroatoms. The Hall–Kier alpha value is -2.47. The summed E-state index contributed by atoms with van der Waals surface area (Å²) in [5.41, 5.74) is 3.58. The molecule has 3 heterocycles. The first kappa shape index (κ1) is 13.0. The highest BCUT2D eigenvalue weighted by Crippen LogP contribution is 2.38. The standard InChI is InChI=1S/C17H15N5S/c1-2-5-11(6-3-1)9-18-17-21-16-14(15-19-10-20-22(15)17)12-7-4-8-13(12)23-16/h1-3,5-6,10H,4,7-9H2,(H,18,21). The second kappa shape index (κ2) is 5.03. The zero-order valence-electron chi connectivity index (χ0n) is 12.5. The summed E-state index contributed by atoms with van der Waals surface area (Å²) in [7, 11) is 0. The van der Waals surface area contributed by atoms with Gasteiger partial charge in [-0.3, -0.25) is 0 Å². The third-order valence-electron chi connectivity index (χ3n) is 4.38. The van der Waals surface area contributed by atoms with Crippen molar-refractivity contribution in [2.45, 2.75) is 25.8 Å². The average molecular weight is 321 g/mol. The molecule has 0 spiro atoms. The first-order chi connectivity index (χ1) is 11.4. The molecule has 5 rings (SSSR count). The molecule has 5 nitrogen and oxygen atoms in total. The Labute approximate surface area is 137 Å². The molecular weight excluding hydrogens is 306 g/mol. The average Bonchev–Trinajstić information content (AvgIpc) is 3.28. The van der Waals surface area contributed by atoms with Crippen molar-refractivity contribution in [3.63, 3.8) is 0 Å². The summed E-state index contributed by atoms with van der Waals surface area (Å²) in [6.07, 6.45) is 5.16. The van der Waals surface area contributed by atoms with E-state index in [0.717, 1.165) is 29.4 Å². The maximum absolute atomic E-state index is 4.82. The summed E-state index contributed by atoms with van der Waals surface area (Å²) < 4.78 is 1.83. The van der Waals surface area contributed by atoms with Gasteiger partial charge in [0, 0.05) is 11.4 Å². The first-order valence-electron chi connectivity index (χ1n) is 7.82. The summed E-state index contributed by atoms with van der Waals surface area (Å²) in [5, 5.41) is 8.97. The van der Waals surface area contributed by atoms with E-state index in [2.05, 4.69) is 27.5 Å². The fraction of sp³-hybridized carbons (Fsp3) is 0.235. The molecule has 0 saturated heterocycles. The van der Waals surface area contributed by atoms with Gasteiger partial charge in [-0.2, -0.15) is 9.61 Å². The maximum atomic E-state index is 4.82. The van der Waals surface area contributed by atoms with Gasteiger partial charge in [0.2, 0.25) is 5.95 Å². The molecule has 1 aliphatic rings. The van der Waals surface area contributed by atoms with Crippen LogP contribution in [-0.2, 0) is 19.4 Å². The van der Waals surface area contributed by atoms with E-state index < -0.39 is 0 Å². The number of aromatic nitrogens is 4. The van der Waals surface area contributed by atoms with E-state index >= 15 is 0 Å². The van der Waals surface area contributed by atoms with Crippen LogP contribution < -0.4 is 5.32 Å². The summed E-state index contributed by atoms with van der Waals surface area (Å²) in [4.78, 5) is 11.9. The van der Waals surface area contributed by atoms with Crippen molar-refractivity contribution in [1.82, 2.24) is 19.6 Å². The highest BCUT2D eigenvalue weighted by atomic mass is 32.1. The Bertz CT molecular complexity index is 1000. The number of rotatable bonds is 3. The number of hydrogen-bond acceptors (Lipinski definition) is 5. The summed E-state index contributed by atoms with van der Waals surface area (Å²) >= 11 is 1.81. The Morgan fingerprint density at radius 1 is 1.17 bits per heavy atom. The Morgan fingerprint density at radius 2 is 2.09 bits per heavy atom. The van der Waals surface area contributed by atoms with Crippen molar-refractivity contribution in [3.8, 4) is 0 Å². The zero-order chi connectivity index (χ0) is 15.2. The van der Waals surface area contributed by atoms with E-state index in [0.29, 0.717) is 0 Å². The van der Waals surface area contributed by atoms with Crippen LogP contribution in [0.4, 0.5) is 5.95 Å². The van der Waals surface area contributed by atoms with Crippen LogP contribution in [0, 0.1) is 0 Å². The van der Waals surface area contributed by atoms with Crippen molar-refractivity contribution in [2.24, 2.45) is 0 Å². The van der Waals surface area contributed by atoms with Crippen LogP contribution in [0.3, 0.4) is 0 Å². The van der Waals surface area contributed by atoms with E-state index in [4.69, 9.17) is 4.98 Å². The quantitative estimate of drug-likeness (QED) is 0.628. The Morgan fingerprint density at radius 3 is 3.00 bits per heavy atom. The molecule has 0 aliphatic heterocycles. The van der Waals surface area contributed by atoms with Crippen LogP contribution in [0.15, 0.2) is 36.7 Å². The predicted molar refractivity (Wildman–Crippen MR) is 92.0 cm³/mol. The molecule has 23 heavy (non-hydrogen) atoms. The highest BCUT2D eigenvalue weighted by molar-refractivity contribution is 7.19. The molecule has 1 aliphatic carbocycles. The molecule has 0 radical (unpaired) electrons. The lowest BCUT2D eigenvalue weighted by atomic mass is 10.2. The van der Waals surface area contributed by atoms with Crippen LogP contribution in [0.1, 0.15) is 22.4 Å². The van der Waals surface area contributed by atoms with Gasteiger partial charge in [0.05, 0.1) is 5.39 Å². The zero-order valence-corrected chi connectivity index (χ0v) is 13.3.